The Morgan fingerprint density at radius 2 is 1.61 bits per heavy atom. The van der Waals surface area contributed by atoms with Crippen LogP contribution in [0.3, 0.4) is 0 Å². The molecular formula is C30H25FN2O3. The second-order valence-corrected chi connectivity index (χ2v) is 8.89. The number of nitrogens with zero attached hydrogens (tertiary/aromatic N) is 1. The molecule has 0 saturated carbocycles. The van der Waals surface area contributed by atoms with Gasteiger partial charge >= 0.3 is 5.97 Å². The van der Waals surface area contributed by atoms with Gasteiger partial charge in [0.25, 0.3) is 0 Å². The fourth-order valence-electron chi connectivity index (χ4n) is 5.24. The summed E-state index contributed by atoms with van der Waals surface area (Å²) in [5, 5.41) is 3.15. The first kappa shape index (κ1) is 22.2. The largest absolute Gasteiger partial charge is 0.456 e. The summed E-state index contributed by atoms with van der Waals surface area (Å²) in [4.78, 5) is 15.3. The van der Waals surface area contributed by atoms with Gasteiger partial charge in [-0.05, 0) is 62.4 Å². The third-order valence-corrected chi connectivity index (χ3v) is 6.98. The van der Waals surface area contributed by atoms with Crippen LogP contribution in [0.4, 0.5) is 21.5 Å². The molecule has 0 bridgehead atoms. The zero-order valence-corrected chi connectivity index (χ0v) is 20.0. The van der Waals surface area contributed by atoms with Crippen molar-refractivity contribution in [1.29, 1.82) is 0 Å². The minimum absolute atomic E-state index is 0.354. The Balaban J connectivity index is 1.55. The van der Waals surface area contributed by atoms with Gasteiger partial charge < -0.3 is 19.7 Å². The molecule has 1 N–H and O–H groups in total. The molecule has 0 fully saturated rings. The molecule has 0 amide bonds. The number of anilines is 3. The van der Waals surface area contributed by atoms with E-state index < -0.39 is 5.60 Å². The van der Waals surface area contributed by atoms with E-state index in [1.54, 1.807) is 24.3 Å². The maximum Gasteiger partial charge on any atom is 0.340 e. The fourth-order valence-corrected chi connectivity index (χ4v) is 5.24. The predicted octanol–water partition coefficient (Wildman–Crippen LogP) is 6.98. The summed E-state index contributed by atoms with van der Waals surface area (Å²) >= 11 is 0. The predicted molar refractivity (Wildman–Crippen MR) is 138 cm³/mol. The average molecular weight is 481 g/mol. The summed E-state index contributed by atoms with van der Waals surface area (Å²) in [7, 11) is 0. The Bertz CT molecular complexity index is 1500. The lowest BCUT2D eigenvalue weighted by Gasteiger charge is -2.37. The van der Waals surface area contributed by atoms with Crippen molar-refractivity contribution >= 4 is 23.0 Å². The van der Waals surface area contributed by atoms with Crippen LogP contribution < -0.4 is 15.0 Å². The summed E-state index contributed by atoms with van der Waals surface area (Å²) < 4.78 is 27.0. The number of fused-ring (bicyclic) bond motifs is 6. The normalized spacial score (nSPS) is 17.0. The van der Waals surface area contributed by atoms with Crippen LogP contribution in [0.5, 0.6) is 11.5 Å². The van der Waals surface area contributed by atoms with Gasteiger partial charge in [0, 0.05) is 47.2 Å². The van der Waals surface area contributed by atoms with E-state index in [1.807, 2.05) is 54.6 Å². The van der Waals surface area contributed by atoms with E-state index in [9.17, 15) is 9.18 Å². The first-order valence-electron chi connectivity index (χ1n) is 12.1. The number of rotatable bonds is 5. The molecule has 2 aliphatic rings. The van der Waals surface area contributed by atoms with Crippen LogP contribution in [0, 0.1) is 5.82 Å². The smallest absolute Gasteiger partial charge is 0.340 e. The van der Waals surface area contributed by atoms with Crippen LogP contribution in [-0.2, 0) is 10.3 Å². The van der Waals surface area contributed by atoms with E-state index in [0.717, 1.165) is 29.9 Å². The molecule has 36 heavy (non-hydrogen) atoms. The highest BCUT2D eigenvalue weighted by Crippen LogP contribution is 2.57. The number of halogens is 1. The number of carbonyl (C=O) groups is 1. The summed E-state index contributed by atoms with van der Waals surface area (Å²) in [5.41, 5.74) is 3.61. The number of hydrogen-bond acceptors (Lipinski definition) is 5. The topological polar surface area (TPSA) is 50.8 Å². The standard InChI is InChI=1S/C30H25FN2O3/c1-3-33(4-2)20-14-15-23-28(18-20)35-27-16-13-19(32-26-12-8-7-11-25(26)31)17-24(27)30(23)22-10-6-5-9-21(22)29(34)36-30/h5-18,32H,3-4H2,1-2H3. The lowest BCUT2D eigenvalue weighted by Crippen LogP contribution is -2.33. The van der Waals surface area contributed by atoms with Crippen molar-refractivity contribution in [2.45, 2.75) is 19.4 Å². The van der Waals surface area contributed by atoms with Gasteiger partial charge in [0.2, 0.25) is 0 Å². The second kappa shape index (κ2) is 8.41. The molecule has 6 heteroatoms. The van der Waals surface area contributed by atoms with Crippen molar-refractivity contribution in [2.24, 2.45) is 0 Å². The fraction of sp³-hybridized carbons (Fsp3) is 0.167. The number of ether oxygens (including phenoxy) is 2. The van der Waals surface area contributed by atoms with Gasteiger partial charge in [0.05, 0.1) is 11.3 Å². The van der Waals surface area contributed by atoms with Crippen molar-refractivity contribution in [3.05, 3.63) is 113 Å². The average Bonchev–Trinajstić information content (AvgIpc) is 3.19. The highest BCUT2D eigenvalue weighted by atomic mass is 19.1. The minimum Gasteiger partial charge on any atom is -0.456 e. The van der Waals surface area contributed by atoms with Gasteiger partial charge in [-0.15, -0.1) is 0 Å². The number of para-hydroxylation sites is 1. The monoisotopic (exact) mass is 480 g/mol. The summed E-state index contributed by atoms with van der Waals surface area (Å²) in [5.74, 6) is 0.492. The number of hydrogen-bond donors (Lipinski definition) is 1. The number of benzene rings is 4. The zero-order valence-electron chi connectivity index (χ0n) is 20.0. The summed E-state index contributed by atoms with van der Waals surface area (Å²) in [6, 6.07) is 25.5. The van der Waals surface area contributed by atoms with Gasteiger partial charge in [-0.2, -0.15) is 0 Å². The van der Waals surface area contributed by atoms with Crippen LogP contribution in [0.2, 0.25) is 0 Å². The molecule has 5 nitrogen and oxygen atoms in total. The summed E-state index contributed by atoms with van der Waals surface area (Å²) in [6.45, 7) is 5.94. The van der Waals surface area contributed by atoms with E-state index in [4.69, 9.17) is 9.47 Å². The van der Waals surface area contributed by atoms with E-state index in [1.165, 1.54) is 6.07 Å². The van der Waals surface area contributed by atoms with Gasteiger partial charge in [0.15, 0.2) is 5.60 Å². The lowest BCUT2D eigenvalue weighted by atomic mass is 9.77. The van der Waals surface area contributed by atoms with Crippen molar-refractivity contribution in [2.75, 3.05) is 23.3 Å². The molecule has 0 aliphatic carbocycles. The van der Waals surface area contributed by atoms with E-state index in [-0.39, 0.29) is 11.8 Å². The SMILES string of the molecule is CCN(CC)c1ccc2c(c1)Oc1ccc(Nc3ccccc3F)cc1C21OC(=O)c2ccccc21. The number of esters is 1. The molecule has 0 aromatic heterocycles. The third kappa shape index (κ3) is 3.25. The molecule has 2 aliphatic heterocycles. The van der Waals surface area contributed by atoms with Crippen molar-refractivity contribution < 1.29 is 18.7 Å². The first-order valence-corrected chi connectivity index (χ1v) is 12.1. The third-order valence-electron chi connectivity index (χ3n) is 6.98. The lowest BCUT2D eigenvalue weighted by molar-refractivity contribution is 0.0224. The Kier molecular flexibility index (Phi) is 5.18. The van der Waals surface area contributed by atoms with Gasteiger partial charge in [-0.25, -0.2) is 9.18 Å². The Hall–Kier alpha value is -4.32. The Labute approximate surface area is 209 Å². The number of carbonyl (C=O) groups excluding carboxylic acids is 1. The maximum absolute atomic E-state index is 14.4. The van der Waals surface area contributed by atoms with Crippen LogP contribution in [0.25, 0.3) is 0 Å². The molecule has 180 valence electrons. The molecular weight excluding hydrogens is 455 g/mol. The molecule has 1 unspecified atom stereocenters. The molecule has 6 rings (SSSR count). The molecule has 0 radical (unpaired) electrons. The van der Waals surface area contributed by atoms with Crippen LogP contribution in [0.1, 0.15) is 40.9 Å². The first-order chi connectivity index (χ1) is 17.5. The molecule has 4 aromatic carbocycles. The molecule has 1 spiro atoms. The maximum atomic E-state index is 14.4. The number of nitrogens with one attached hydrogen (secondary N) is 1. The zero-order chi connectivity index (χ0) is 24.9. The Morgan fingerprint density at radius 1 is 0.833 bits per heavy atom. The minimum atomic E-state index is -1.18. The van der Waals surface area contributed by atoms with Crippen molar-refractivity contribution in [1.82, 2.24) is 0 Å². The highest BCUT2D eigenvalue weighted by Gasteiger charge is 2.53. The van der Waals surface area contributed by atoms with Gasteiger partial charge in [-0.3, -0.25) is 0 Å². The van der Waals surface area contributed by atoms with E-state index in [0.29, 0.717) is 34.0 Å². The molecule has 0 saturated heterocycles. The molecule has 1 atom stereocenters. The van der Waals surface area contributed by atoms with Crippen LogP contribution >= 0.6 is 0 Å². The quantitative estimate of drug-likeness (QED) is 0.312. The van der Waals surface area contributed by atoms with E-state index >= 15 is 0 Å². The van der Waals surface area contributed by atoms with E-state index in [2.05, 4.69) is 24.1 Å². The van der Waals surface area contributed by atoms with Gasteiger partial charge in [-0.1, -0.05) is 30.3 Å². The van der Waals surface area contributed by atoms with Crippen molar-refractivity contribution in [3.8, 4) is 11.5 Å². The highest BCUT2D eigenvalue weighted by molar-refractivity contribution is 5.97. The molecule has 2 heterocycles. The van der Waals surface area contributed by atoms with Crippen LogP contribution in [0.15, 0.2) is 84.9 Å². The van der Waals surface area contributed by atoms with Crippen molar-refractivity contribution in [3.63, 3.8) is 0 Å². The summed E-state index contributed by atoms with van der Waals surface area (Å²) in [6.07, 6.45) is 0. The Morgan fingerprint density at radius 3 is 2.42 bits per heavy atom. The molecule has 4 aromatic rings. The van der Waals surface area contributed by atoms with Gasteiger partial charge in [0.1, 0.15) is 17.3 Å². The van der Waals surface area contributed by atoms with Crippen LogP contribution in [-0.4, -0.2) is 19.1 Å². The second-order valence-electron chi connectivity index (χ2n) is 8.89.